The third-order valence-electron chi connectivity index (χ3n) is 5.99. The average molecular weight is 485 g/mol. The first-order valence-electron chi connectivity index (χ1n) is 13.6. The Hall–Kier alpha value is -0.206. The summed E-state index contributed by atoms with van der Waals surface area (Å²) in [5.41, 5.74) is 3.74. The molecule has 0 amide bonds. The van der Waals surface area contributed by atoms with Crippen LogP contribution in [0, 0.1) is 5.92 Å². The molecule has 190 valence electrons. The fourth-order valence-corrected chi connectivity index (χ4v) is 9.55. The Bertz CT molecular complexity index is 458. The number of hydrogen-bond donors (Lipinski definition) is 0. The van der Waals surface area contributed by atoms with Gasteiger partial charge in [0.15, 0.2) is 0 Å². The molecule has 5 heteroatoms. The SMILES string of the molecule is C=C[Si](C)(OCCCCCCCCCCCCCCCCC)O[Si](C)(C=C)OCC(C)C. The van der Waals surface area contributed by atoms with E-state index in [0.717, 1.165) is 13.0 Å². The fourth-order valence-electron chi connectivity index (χ4n) is 3.74. The molecule has 0 aliphatic rings. The Balaban J connectivity index is 3.74. The van der Waals surface area contributed by atoms with Crippen LogP contribution in [0.25, 0.3) is 0 Å². The van der Waals surface area contributed by atoms with Crippen LogP contribution in [0.2, 0.25) is 13.1 Å². The van der Waals surface area contributed by atoms with Gasteiger partial charge >= 0.3 is 17.1 Å². The maximum absolute atomic E-state index is 6.40. The van der Waals surface area contributed by atoms with Gasteiger partial charge in [-0.15, -0.1) is 13.2 Å². The number of rotatable bonds is 24. The summed E-state index contributed by atoms with van der Waals surface area (Å²) in [7, 11) is -4.85. The van der Waals surface area contributed by atoms with Crippen molar-refractivity contribution in [3.8, 4) is 0 Å². The molecule has 0 aromatic heterocycles. The van der Waals surface area contributed by atoms with E-state index in [1.54, 1.807) is 0 Å². The van der Waals surface area contributed by atoms with Crippen LogP contribution in [0.5, 0.6) is 0 Å². The predicted octanol–water partition coefficient (Wildman–Crippen LogP) is 9.16. The van der Waals surface area contributed by atoms with E-state index < -0.39 is 17.1 Å². The lowest BCUT2D eigenvalue weighted by atomic mass is 10.0. The van der Waals surface area contributed by atoms with E-state index >= 15 is 0 Å². The van der Waals surface area contributed by atoms with E-state index in [1.165, 1.54) is 89.9 Å². The Morgan fingerprint density at radius 2 is 1.00 bits per heavy atom. The van der Waals surface area contributed by atoms with E-state index in [2.05, 4.69) is 40.5 Å². The summed E-state index contributed by atoms with van der Waals surface area (Å²) in [4.78, 5) is 0. The summed E-state index contributed by atoms with van der Waals surface area (Å²) in [5, 5.41) is 0. The second-order valence-corrected chi connectivity index (χ2v) is 16.3. The lowest BCUT2D eigenvalue weighted by Crippen LogP contribution is -2.50. The highest BCUT2D eigenvalue weighted by atomic mass is 28.5. The molecule has 0 aliphatic heterocycles. The van der Waals surface area contributed by atoms with E-state index in [-0.39, 0.29) is 0 Å². The Kier molecular flexibility index (Phi) is 20.1. The molecule has 0 aromatic rings. The van der Waals surface area contributed by atoms with Crippen LogP contribution < -0.4 is 0 Å². The van der Waals surface area contributed by atoms with Crippen molar-refractivity contribution in [1.29, 1.82) is 0 Å². The van der Waals surface area contributed by atoms with Gasteiger partial charge in [-0.1, -0.05) is 122 Å². The maximum Gasteiger partial charge on any atom is 0.352 e. The van der Waals surface area contributed by atoms with Crippen molar-refractivity contribution in [2.75, 3.05) is 13.2 Å². The van der Waals surface area contributed by atoms with Gasteiger partial charge in [0.25, 0.3) is 0 Å². The molecule has 0 N–H and O–H groups in total. The zero-order chi connectivity index (χ0) is 24.1. The van der Waals surface area contributed by atoms with E-state index in [4.69, 9.17) is 13.0 Å². The topological polar surface area (TPSA) is 27.7 Å². The zero-order valence-electron chi connectivity index (χ0n) is 22.4. The van der Waals surface area contributed by atoms with Gasteiger partial charge in [-0.25, -0.2) is 0 Å². The van der Waals surface area contributed by atoms with Crippen LogP contribution in [-0.4, -0.2) is 30.3 Å². The molecule has 3 nitrogen and oxygen atoms in total. The van der Waals surface area contributed by atoms with Crippen molar-refractivity contribution in [3.05, 3.63) is 24.6 Å². The highest BCUT2D eigenvalue weighted by Crippen LogP contribution is 2.20. The molecule has 0 heterocycles. The quantitative estimate of drug-likeness (QED) is 0.101. The van der Waals surface area contributed by atoms with Crippen LogP contribution >= 0.6 is 0 Å². The molecular weight excluding hydrogens is 428 g/mol. The summed E-state index contributed by atoms with van der Waals surface area (Å²) in [6.45, 7) is 20.1. The number of hydrogen-bond acceptors (Lipinski definition) is 3. The van der Waals surface area contributed by atoms with Gasteiger partial charge in [0, 0.05) is 13.2 Å². The molecule has 0 fully saturated rings. The van der Waals surface area contributed by atoms with E-state index in [0.29, 0.717) is 12.5 Å². The van der Waals surface area contributed by atoms with Crippen molar-refractivity contribution < 1.29 is 13.0 Å². The summed E-state index contributed by atoms with van der Waals surface area (Å²) in [5.74, 6) is 0.475. The zero-order valence-corrected chi connectivity index (χ0v) is 24.4. The van der Waals surface area contributed by atoms with Crippen LogP contribution in [0.15, 0.2) is 24.6 Å². The molecule has 0 rings (SSSR count). The average Bonchev–Trinajstić information content (AvgIpc) is 2.77. The second-order valence-electron chi connectivity index (χ2n) is 10.0. The van der Waals surface area contributed by atoms with Crippen LogP contribution in [0.1, 0.15) is 117 Å². The maximum atomic E-state index is 6.40. The van der Waals surface area contributed by atoms with Crippen molar-refractivity contribution in [3.63, 3.8) is 0 Å². The third kappa shape index (κ3) is 18.2. The molecule has 32 heavy (non-hydrogen) atoms. The van der Waals surface area contributed by atoms with Gasteiger partial charge in [-0.3, -0.25) is 0 Å². The van der Waals surface area contributed by atoms with Crippen molar-refractivity contribution >= 4 is 17.1 Å². The Labute approximate surface area is 203 Å². The van der Waals surface area contributed by atoms with E-state index in [1.807, 2.05) is 17.9 Å². The van der Waals surface area contributed by atoms with Crippen LogP contribution in [0.4, 0.5) is 0 Å². The summed E-state index contributed by atoms with van der Waals surface area (Å²) in [6, 6.07) is 0. The largest absolute Gasteiger partial charge is 0.409 e. The van der Waals surface area contributed by atoms with Gasteiger partial charge in [-0.2, -0.15) is 0 Å². The molecule has 0 spiro atoms. The molecule has 2 unspecified atom stereocenters. The van der Waals surface area contributed by atoms with Gasteiger partial charge in [0.05, 0.1) is 0 Å². The minimum absolute atomic E-state index is 0.475. The van der Waals surface area contributed by atoms with Gasteiger partial charge in [0.1, 0.15) is 0 Å². The molecule has 0 aliphatic carbocycles. The molecule has 0 saturated carbocycles. The highest BCUT2D eigenvalue weighted by molar-refractivity contribution is 6.84. The lowest BCUT2D eigenvalue weighted by molar-refractivity contribution is 0.185. The highest BCUT2D eigenvalue weighted by Gasteiger charge is 2.39. The first-order chi connectivity index (χ1) is 15.3. The lowest BCUT2D eigenvalue weighted by Gasteiger charge is -2.33. The molecule has 2 atom stereocenters. The van der Waals surface area contributed by atoms with E-state index in [9.17, 15) is 0 Å². The number of unbranched alkanes of at least 4 members (excludes halogenated alkanes) is 14. The van der Waals surface area contributed by atoms with Gasteiger partial charge < -0.3 is 13.0 Å². The van der Waals surface area contributed by atoms with Gasteiger partial charge in [-0.05, 0) is 25.4 Å². The molecule has 0 radical (unpaired) electrons. The molecule has 0 aromatic carbocycles. The first-order valence-corrected chi connectivity index (χ1v) is 18.3. The minimum Gasteiger partial charge on any atom is -0.409 e. The Morgan fingerprint density at radius 3 is 1.38 bits per heavy atom. The monoisotopic (exact) mass is 484 g/mol. The standard InChI is InChI=1S/C27H56O3Si2/c1-8-11-12-13-14-15-16-17-18-19-20-21-22-23-24-25-28-31(6,9-2)30-32(7,10-3)29-26-27(4)5/h9-10,27H,2-3,8,11-26H2,1,4-7H3. The van der Waals surface area contributed by atoms with Crippen LogP contribution in [-0.2, 0) is 13.0 Å². The van der Waals surface area contributed by atoms with Gasteiger partial charge in [0.2, 0.25) is 0 Å². The Morgan fingerprint density at radius 1 is 0.625 bits per heavy atom. The van der Waals surface area contributed by atoms with Crippen molar-refractivity contribution in [2.24, 2.45) is 5.92 Å². The first kappa shape index (κ1) is 31.8. The molecular formula is C27H56O3Si2. The summed E-state index contributed by atoms with van der Waals surface area (Å²) >= 11 is 0. The molecule has 0 saturated heterocycles. The summed E-state index contributed by atoms with van der Waals surface area (Å²) < 4.78 is 18.7. The smallest absolute Gasteiger partial charge is 0.352 e. The minimum atomic E-state index is -2.43. The fraction of sp³-hybridized carbons (Fsp3) is 0.852. The molecule has 0 bridgehead atoms. The third-order valence-corrected chi connectivity index (χ3v) is 12.2. The van der Waals surface area contributed by atoms with Crippen molar-refractivity contribution in [1.82, 2.24) is 0 Å². The van der Waals surface area contributed by atoms with Crippen molar-refractivity contribution in [2.45, 2.75) is 130 Å². The predicted molar refractivity (Wildman–Crippen MR) is 146 cm³/mol. The second kappa shape index (κ2) is 20.2. The summed E-state index contributed by atoms with van der Waals surface area (Å²) in [6.07, 6.45) is 20.6. The normalized spacial score (nSPS) is 15.4. The van der Waals surface area contributed by atoms with Crippen LogP contribution in [0.3, 0.4) is 0 Å².